The van der Waals surface area contributed by atoms with Crippen LogP contribution in [0.5, 0.6) is 0 Å². The Morgan fingerprint density at radius 2 is 2.09 bits per heavy atom. The average molecular weight is 298 g/mol. The summed E-state index contributed by atoms with van der Waals surface area (Å²) in [6, 6.07) is 10.3. The van der Waals surface area contributed by atoms with Crippen LogP contribution in [0, 0.1) is 0 Å². The van der Waals surface area contributed by atoms with Crippen LogP contribution in [0.4, 0.5) is 0 Å². The van der Waals surface area contributed by atoms with Crippen molar-refractivity contribution in [3.05, 3.63) is 54.7 Å². The van der Waals surface area contributed by atoms with Gasteiger partial charge in [0.05, 0.1) is 12.6 Å². The standard InChI is InChI=1S/C17H18N2O3/c1-3-4-8-15(17(21)22-2)19-16(20)14-11-10-12-7-5-6-9-13(12)18-14/h3,5-7,9-11,15H,1,4,8H2,2H3,(H,19,20)/t15-/m1/s1. The topological polar surface area (TPSA) is 68.3 Å². The minimum Gasteiger partial charge on any atom is -0.467 e. The van der Waals surface area contributed by atoms with Gasteiger partial charge in [0.1, 0.15) is 11.7 Å². The van der Waals surface area contributed by atoms with Crippen molar-refractivity contribution >= 4 is 22.8 Å². The van der Waals surface area contributed by atoms with Crippen LogP contribution in [0.15, 0.2) is 49.1 Å². The second-order valence-corrected chi connectivity index (χ2v) is 4.80. The number of hydrogen-bond donors (Lipinski definition) is 1. The number of para-hydroxylation sites is 1. The second kappa shape index (κ2) is 7.36. The Morgan fingerprint density at radius 3 is 2.82 bits per heavy atom. The van der Waals surface area contributed by atoms with Crippen molar-refractivity contribution in [3.63, 3.8) is 0 Å². The third kappa shape index (κ3) is 3.69. The number of allylic oxidation sites excluding steroid dienone is 1. The number of esters is 1. The Labute approximate surface area is 129 Å². The molecule has 0 saturated heterocycles. The summed E-state index contributed by atoms with van der Waals surface area (Å²) in [5.41, 5.74) is 1.00. The highest BCUT2D eigenvalue weighted by Crippen LogP contribution is 2.12. The molecule has 1 heterocycles. The first kappa shape index (κ1) is 15.7. The fraction of sp³-hybridized carbons (Fsp3) is 0.235. The maximum Gasteiger partial charge on any atom is 0.328 e. The molecule has 1 aromatic heterocycles. The molecular formula is C17H18N2O3. The van der Waals surface area contributed by atoms with Gasteiger partial charge in [-0.25, -0.2) is 9.78 Å². The van der Waals surface area contributed by atoms with Crippen LogP contribution >= 0.6 is 0 Å². The number of hydrogen-bond acceptors (Lipinski definition) is 4. The minimum absolute atomic E-state index is 0.270. The molecule has 0 aliphatic rings. The van der Waals surface area contributed by atoms with E-state index in [2.05, 4.69) is 16.9 Å². The number of benzene rings is 1. The van der Waals surface area contributed by atoms with E-state index in [0.29, 0.717) is 12.8 Å². The van der Waals surface area contributed by atoms with Crippen molar-refractivity contribution in [3.8, 4) is 0 Å². The van der Waals surface area contributed by atoms with Crippen LogP contribution in [-0.2, 0) is 9.53 Å². The van der Waals surface area contributed by atoms with E-state index in [1.807, 2.05) is 30.3 Å². The monoisotopic (exact) mass is 298 g/mol. The van der Waals surface area contributed by atoms with Crippen LogP contribution < -0.4 is 5.32 Å². The maximum absolute atomic E-state index is 12.3. The Kier molecular flexibility index (Phi) is 5.25. The van der Waals surface area contributed by atoms with Gasteiger partial charge >= 0.3 is 5.97 Å². The summed E-state index contributed by atoms with van der Waals surface area (Å²) in [6.45, 7) is 3.61. The molecule has 2 aromatic rings. The number of aromatic nitrogens is 1. The van der Waals surface area contributed by atoms with Gasteiger partial charge in [0.25, 0.3) is 5.91 Å². The van der Waals surface area contributed by atoms with E-state index in [0.717, 1.165) is 10.9 Å². The second-order valence-electron chi connectivity index (χ2n) is 4.80. The van der Waals surface area contributed by atoms with Crippen LogP contribution in [0.2, 0.25) is 0 Å². The quantitative estimate of drug-likeness (QED) is 0.657. The molecule has 2 rings (SSSR count). The van der Waals surface area contributed by atoms with Crippen LogP contribution in [-0.4, -0.2) is 30.0 Å². The predicted molar refractivity (Wildman–Crippen MR) is 84.4 cm³/mol. The SMILES string of the molecule is C=CCC[C@@H](NC(=O)c1ccc2ccccc2n1)C(=O)OC. The predicted octanol–water partition coefficient (Wildman–Crippen LogP) is 2.47. The number of fused-ring (bicyclic) bond motifs is 1. The van der Waals surface area contributed by atoms with E-state index in [-0.39, 0.29) is 5.69 Å². The largest absolute Gasteiger partial charge is 0.467 e. The van der Waals surface area contributed by atoms with Crippen molar-refractivity contribution < 1.29 is 14.3 Å². The number of pyridine rings is 1. The first-order chi connectivity index (χ1) is 10.7. The molecule has 0 bridgehead atoms. The minimum atomic E-state index is -0.705. The number of carbonyl (C=O) groups is 2. The number of nitrogens with one attached hydrogen (secondary N) is 1. The molecule has 0 aliphatic carbocycles. The van der Waals surface area contributed by atoms with E-state index in [1.165, 1.54) is 7.11 Å². The molecule has 5 nitrogen and oxygen atoms in total. The summed E-state index contributed by atoms with van der Waals surface area (Å²) in [5, 5.41) is 3.61. The van der Waals surface area contributed by atoms with Crippen LogP contribution in [0.1, 0.15) is 23.3 Å². The highest BCUT2D eigenvalue weighted by molar-refractivity contribution is 5.97. The summed E-state index contributed by atoms with van der Waals surface area (Å²) in [5.74, 6) is -0.874. The molecule has 1 amide bonds. The molecule has 0 aliphatic heterocycles. The van der Waals surface area contributed by atoms with Gasteiger partial charge in [-0.05, 0) is 25.0 Å². The zero-order valence-electron chi connectivity index (χ0n) is 12.4. The highest BCUT2D eigenvalue weighted by atomic mass is 16.5. The van der Waals surface area contributed by atoms with Gasteiger partial charge in [-0.15, -0.1) is 6.58 Å². The van der Waals surface area contributed by atoms with E-state index >= 15 is 0 Å². The van der Waals surface area contributed by atoms with Gasteiger partial charge in [-0.3, -0.25) is 4.79 Å². The first-order valence-electron chi connectivity index (χ1n) is 7.01. The molecular weight excluding hydrogens is 280 g/mol. The fourth-order valence-corrected chi connectivity index (χ4v) is 2.10. The molecule has 1 aromatic carbocycles. The Balaban J connectivity index is 2.16. The summed E-state index contributed by atoms with van der Waals surface area (Å²) in [7, 11) is 1.30. The molecule has 0 fully saturated rings. The van der Waals surface area contributed by atoms with Crippen molar-refractivity contribution in [1.82, 2.24) is 10.3 Å². The van der Waals surface area contributed by atoms with Gasteiger partial charge in [-0.1, -0.05) is 30.3 Å². The number of methoxy groups -OCH3 is 1. The number of carbonyl (C=O) groups excluding carboxylic acids is 2. The van der Waals surface area contributed by atoms with Gasteiger partial charge < -0.3 is 10.1 Å². The summed E-state index contributed by atoms with van der Waals surface area (Å²) >= 11 is 0. The average Bonchev–Trinajstić information content (AvgIpc) is 2.57. The van der Waals surface area contributed by atoms with Gasteiger partial charge in [-0.2, -0.15) is 0 Å². The first-order valence-corrected chi connectivity index (χ1v) is 7.01. The zero-order chi connectivity index (χ0) is 15.9. The van der Waals surface area contributed by atoms with Crippen molar-refractivity contribution in [2.45, 2.75) is 18.9 Å². The zero-order valence-corrected chi connectivity index (χ0v) is 12.4. The van der Waals surface area contributed by atoms with E-state index < -0.39 is 17.9 Å². The number of nitrogens with zero attached hydrogens (tertiary/aromatic N) is 1. The van der Waals surface area contributed by atoms with Crippen LogP contribution in [0.25, 0.3) is 10.9 Å². The third-order valence-electron chi connectivity index (χ3n) is 3.28. The van der Waals surface area contributed by atoms with Gasteiger partial charge in [0.15, 0.2) is 0 Å². The molecule has 22 heavy (non-hydrogen) atoms. The molecule has 0 saturated carbocycles. The molecule has 1 atom stereocenters. The number of rotatable bonds is 6. The normalized spacial score (nSPS) is 11.7. The van der Waals surface area contributed by atoms with E-state index in [1.54, 1.807) is 12.1 Å². The van der Waals surface area contributed by atoms with Crippen LogP contribution in [0.3, 0.4) is 0 Å². The van der Waals surface area contributed by atoms with Crippen molar-refractivity contribution in [1.29, 1.82) is 0 Å². The smallest absolute Gasteiger partial charge is 0.328 e. The van der Waals surface area contributed by atoms with Crippen molar-refractivity contribution in [2.24, 2.45) is 0 Å². The third-order valence-corrected chi connectivity index (χ3v) is 3.28. The lowest BCUT2D eigenvalue weighted by molar-refractivity contribution is -0.143. The number of ether oxygens (including phenoxy) is 1. The molecule has 1 N–H and O–H groups in total. The van der Waals surface area contributed by atoms with E-state index in [9.17, 15) is 9.59 Å². The lowest BCUT2D eigenvalue weighted by Crippen LogP contribution is -2.41. The molecule has 0 radical (unpaired) electrons. The molecule has 0 spiro atoms. The van der Waals surface area contributed by atoms with Gasteiger partial charge in [0.2, 0.25) is 0 Å². The Bertz CT molecular complexity index is 697. The lowest BCUT2D eigenvalue weighted by Gasteiger charge is -2.15. The summed E-state index contributed by atoms with van der Waals surface area (Å²) < 4.78 is 4.71. The Morgan fingerprint density at radius 1 is 1.32 bits per heavy atom. The summed E-state index contributed by atoms with van der Waals surface area (Å²) in [4.78, 5) is 28.3. The highest BCUT2D eigenvalue weighted by Gasteiger charge is 2.21. The maximum atomic E-state index is 12.3. The van der Waals surface area contributed by atoms with Crippen molar-refractivity contribution in [2.75, 3.05) is 7.11 Å². The fourth-order valence-electron chi connectivity index (χ4n) is 2.10. The molecule has 114 valence electrons. The number of amides is 1. The van der Waals surface area contributed by atoms with E-state index in [4.69, 9.17) is 4.74 Å². The summed E-state index contributed by atoms with van der Waals surface area (Å²) in [6.07, 6.45) is 2.73. The molecule has 0 unspecified atom stereocenters. The lowest BCUT2D eigenvalue weighted by atomic mass is 10.1. The molecule has 5 heteroatoms. The van der Waals surface area contributed by atoms with Gasteiger partial charge in [0, 0.05) is 5.39 Å². The Hall–Kier alpha value is -2.69.